The van der Waals surface area contributed by atoms with E-state index in [1.54, 1.807) is 13.2 Å². The van der Waals surface area contributed by atoms with Gasteiger partial charge in [-0.25, -0.2) is 4.98 Å². The number of aromatic nitrogens is 2. The standard InChI is InChI=1S/C19H23BrN4O3/c1-11-8-24(9-12-5-14(20)19(26-2)21-7-12)10-16(11)22-18(25)15-6-17(27-23-15)13-3-4-13/h5-7,11,13,16H,3-4,8-10H2,1-2H3,(H,22,25). The van der Waals surface area contributed by atoms with Crippen LogP contribution in [-0.4, -0.2) is 47.2 Å². The maximum atomic E-state index is 12.5. The Morgan fingerprint density at radius 1 is 1.41 bits per heavy atom. The summed E-state index contributed by atoms with van der Waals surface area (Å²) in [5, 5.41) is 7.05. The van der Waals surface area contributed by atoms with Gasteiger partial charge in [-0.1, -0.05) is 12.1 Å². The first-order valence-corrected chi connectivity index (χ1v) is 10.0. The highest BCUT2D eigenvalue weighted by Crippen LogP contribution is 2.40. The zero-order valence-electron chi connectivity index (χ0n) is 15.4. The minimum atomic E-state index is -0.154. The van der Waals surface area contributed by atoms with Crippen molar-refractivity contribution in [3.8, 4) is 5.88 Å². The second kappa shape index (κ2) is 7.59. The van der Waals surface area contributed by atoms with Gasteiger partial charge in [-0.3, -0.25) is 9.69 Å². The van der Waals surface area contributed by atoms with Crippen molar-refractivity contribution < 1.29 is 14.1 Å². The van der Waals surface area contributed by atoms with Crippen molar-refractivity contribution in [3.05, 3.63) is 39.8 Å². The molecular formula is C19H23BrN4O3. The second-order valence-electron chi connectivity index (χ2n) is 7.47. The lowest BCUT2D eigenvalue weighted by molar-refractivity contribution is 0.0922. The number of rotatable bonds is 6. The second-order valence-corrected chi connectivity index (χ2v) is 8.33. The van der Waals surface area contributed by atoms with E-state index in [4.69, 9.17) is 9.26 Å². The summed E-state index contributed by atoms with van der Waals surface area (Å²) >= 11 is 3.48. The van der Waals surface area contributed by atoms with Crippen molar-refractivity contribution >= 4 is 21.8 Å². The molecule has 2 fully saturated rings. The first-order valence-electron chi connectivity index (χ1n) is 9.21. The van der Waals surface area contributed by atoms with E-state index in [2.05, 4.69) is 43.2 Å². The van der Waals surface area contributed by atoms with Crippen LogP contribution >= 0.6 is 15.9 Å². The minimum Gasteiger partial charge on any atom is -0.480 e. The Labute approximate surface area is 166 Å². The van der Waals surface area contributed by atoms with Crippen LogP contribution in [0.3, 0.4) is 0 Å². The lowest BCUT2D eigenvalue weighted by Crippen LogP contribution is -2.40. The van der Waals surface area contributed by atoms with E-state index in [-0.39, 0.29) is 11.9 Å². The normalized spacial score (nSPS) is 22.8. The summed E-state index contributed by atoms with van der Waals surface area (Å²) in [5.41, 5.74) is 1.48. The molecule has 0 aromatic carbocycles. The van der Waals surface area contributed by atoms with E-state index in [0.29, 0.717) is 23.4 Å². The molecule has 1 aliphatic heterocycles. The van der Waals surface area contributed by atoms with Crippen molar-refractivity contribution in [3.63, 3.8) is 0 Å². The largest absolute Gasteiger partial charge is 0.480 e. The molecule has 2 atom stereocenters. The Morgan fingerprint density at radius 3 is 2.93 bits per heavy atom. The van der Waals surface area contributed by atoms with E-state index in [9.17, 15) is 4.79 Å². The summed E-state index contributed by atoms with van der Waals surface area (Å²) in [4.78, 5) is 19.1. The van der Waals surface area contributed by atoms with Gasteiger partial charge in [0.1, 0.15) is 5.76 Å². The summed E-state index contributed by atoms with van der Waals surface area (Å²) in [7, 11) is 1.60. The summed E-state index contributed by atoms with van der Waals surface area (Å²) < 4.78 is 11.3. The van der Waals surface area contributed by atoms with Gasteiger partial charge in [-0.2, -0.15) is 0 Å². The predicted molar refractivity (Wildman–Crippen MR) is 103 cm³/mol. The SMILES string of the molecule is COc1ncc(CN2CC(C)C(NC(=O)c3cc(C4CC4)on3)C2)cc1Br. The fourth-order valence-corrected chi connectivity index (χ4v) is 4.10. The number of pyridine rings is 1. The van der Waals surface area contributed by atoms with E-state index in [1.165, 1.54) is 0 Å². The number of halogens is 1. The number of likely N-dealkylation sites (tertiary alicyclic amines) is 1. The third-order valence-electron chi connectivity index (χ3n) is 5.21. The van der Waals surface area contributed by atoms with E-state index < -0.39 is 0 Å². The van der Waals surface area contributed by atoms with Crippen LogP contribution in [0.5, 0.6) is 5.88 Å². The fraction of sp³-hybridized carbons (Fsp3) is 0.526. The third-order valence-corrected chi connectivity index (χ3v) is 5.78. The maximum absolute atomic E-state index is 12.5. The van der Waals surface area contributed by atoms with Crippen molar-refractivity contribution in [2.45, 2.75) is 38.3 Å². The van der Waals surface area contributed by atoms with Gasteiger partial charge in [0.05, 0.1) is 11.6 Å². The third kappa shape index (κ3) is 4.16. The number of hydrogen-bond acceptors (Lipinski definition) is 6. The van der Waals surface area contributed by atoms with E-state index in [0.717, 1.165) is 48.3 Å². The Morgan fingerprint density at radius 2 is 2.22 bits per heavy atom. The lowest BCUT2D eigenvalue weighted by Gasteiger charge is -2.17. The van der Waals surface area contributed by atoms with E-state index in [1.807, 2.05) is 12.3 Å². The molecule has 2 unspecified atom stereocenters. The van der Waals surface area contributed by atoms with Crippen LogP contribution in [-0.2, 0) is 6.54 Å². The molecule has 2 aromatic heterocycles. The van der Waals surface area contributed by atoms with Crippen LogP contribution in [0.4, 0.5) is 0 Å². The molecule has 1 saturated heterocycles. The maximum Gasteiger partial charge on any atom is 0.273 e. The first-order chi connectivity index (χ1) is 13.0. The lowest BCUT2D eigenvalue weighted by atomic mass is 10.1. The smallest absolute Gasteiger partial charge is 0.273 e. The monoisotopic (exact) mass is 434 g/mol. The van der Waals surface area contributed by atoms with Gasteiger partial charge in [0.15, 0.2) is 5.69 Å². The highest BCUT2D eigenvalue weighted by molar-refractivity contribution is 9.10. The number of hydrogen-bond donors (Lipinski definition) is 1. The molecule has 8 heteroatoms. The predicted octanol–water partition coefficient (Wildman–Crippen LogP) is 2.97. The van der Waals surface area contributed by atoms with Crippen molar-refractivity contribution in [2.24, 2.45) is 5.92 Å². The van der Waals surface area contributed by atoms with Gasteiger partial charge in [-0.05, 0) is 46.3 Å². The van der Waals surface area contributed by atoms with Crippen molar-refractivity contribution in [2.75, 3.05) is 20.2 Å². The van der Waals surface area contributed by atoms with Crippen molar-refractivity contribution in [1.82, 2.24) is 20.4 Å². The molecule has 4 rings (SSSR count). The number of methoxy groups -OCH3 is 1. The number of nitrogens with one attached hydrogen (secondary N) is 1. The summed E-state index contributed by atoms with van der Waals surface area (Å²) in [6.07, 6.45) is 4.08. The fourth-order valence-electron chi connectivity index (χ4n) is 3.54. The molecule has 7 nitrogen and oxygen atoms in total. The van der Waals surface area contributed by atoms with Gasteiger partial charge >= 0.3 is 0 Å². The molecule has 0 spiro atoms. The van der Waals surface area contributed by atoms with Crippen LogP contribution in [0.2, 0.25) is 0 Å². The van der Waals surface area contributed by atoms with Gasteiger partial charge in [-0.15, -0.1) is 0 Å². The van der Waals surface area contributed by atoms with Gasteiger partial charge in [0, 0.05) is 43.9 Å². The average Bonchev–Trinajstić information content (AvgIpc) is 3.27. The van der Waals surface area contributed by atoms with Crippen LogP contribution in [0.25, 0.3) is 0 Å². The molecule has 1 aliphatic carbocycles. The zero-order valence-corrected chi connectivity index (χ0v) is 17.0. The Kier molecular flexibility index (Phi) is 5.19. The minimum absolute atomic E-state index is 0.0909. The van der Waals surface area contributed by atoms with E-state index >= 15 is 0 Å². The number of amides is 1. The summed E-state index contributed by atoms with van der Waals surface area (Å²) in [6, 6.07) is 3.90. The molecule has 1 saturated carbocycles. The quantitative estimate of drug-likeness (QED) is 0.752. The molecule has 2 aromatic rings. The molecule has 1 N–H and O–H groups in total. The molecule has 3 heterocycles. The Hall–Kier alpha value is -1.93. The van der Waals surface area contributed by atoms with Gasteiger partial charge in [0.2, 0.25) is 5.88 Å². The molecule has 2 aliphatic rings. The highest BCUT2D eigenvalue weighted by Gasteiger charge is 2.33. The molecule has 27 heavy (non-hydrogen) atoms. The Bertz CT molecular complexity index is 836. The van der Waals surface area contributed by atoms with Crippen LogP contribution in [0.15, 0.2) is 27.3 Å². The van der Waals surface area contributed by atoms with Crippen LogP contribution in [0.1, 0.15) is 47.5 Å². The number of ether oxygens (including phenoxy) is 1. The van der Waals surface area contributed by atoms with Gasteiger partial charge in [0.25, 0.3) is 5.91 Å². The zero-order chi connectivity index (χ0) is 19.0. The topological polar surface area (TPSA) is 80.5 Å². The van der Waals surface area contributed by atoms with Crippen molar-refractivity contribution in [1.29, 1.82) is 0 Å². The Balaban J connectivity index is 1.34. The van der Waals surface area contributed by atoms with Gasteiger partial charge < -0.3 is 14.6 Å². The average molecular weight is 435 g/mol. The summed E-state index contributed by atoms with van der Waals surface area (Å²) in [6.45, 7) is 4.65. The summed E-state index contributed by atoms with van der Waals surface area (Å²) in [5.74, 6) is 2.07. The first kappa shape index (κ1) is 18.4. The molecule has 0 radical (unpaired) electrons. The number of carbonyl (C=O) groups is 1. The van der Waals surface area contributed by atoms with Crippen LogP contribution in [0, 0.1) is 5.92 Å². The molecule has 1 amide bonds. The number of nitrogens with zero attached hydrogens (tertiary/aromatic N) is 3. The van der Waals surface area contributed by atoms with Crippen LogP contribution < -0.4 is 10.1 Å². The highest BCUT2D eigenvalue weighted by atomic mass is 79.9. The molecule has 0 bridgehead atoms. The number of carbonyl (C=O) groups excluding carboxylic acids is 1. The molecular weight excluding hydrogens is 412 g/mol. The molecule has 144 valence electrons.